The normalized spacial score (nSPS) is 45.7. The van der Waals surface area contributed by atoms with Gasteiger partial charge in [-0.3, -0.25) is 0 Å². The third-order valence-electron chi connectivity index (χ3n) is 4.03. The summed E-state index contributed by atoms with van der Waals surface area (Å²) in [7, 11) is 1.85. The van der Waals surface area contributed by atoms with Crippen molar-refractivity contribution in [2.45, 2.75) is 50.7 Å². The van der Waals surface area contributed by atoms with Crippen LogP contribution in [0.25, 0.3) is 0 Å². The number of ether oxygens (including phenoxy) is 1. The van der Waals surface area contributed by atoms with Crippen LogP contribution in [-0.2, 0) is 4.74 Å². The van der Waals surface area contributed by atoms with E-state index in [-0.39, 0.29) is 0 Å². The van der Waals surface area contributed by atoms with Crippen LogP contribution < -0.4 is 5.32 Å². The second-order valence-corrected chi connectivity index (χ2v) is 4.82. The summed E-state index contributed by atoms with van der Waals surface area (Å²) in [5.74, 6) is 0.847. The molecule has 0 aromatic carbocycles. The van der Waals surface area contributed by atoms with Gasteiger partial charge in [0.15, 0.2) is 0 Å². The van der Waals surface area contributed by atoms with Crippen LogP contribution in [-0.4, -0.2) is 25.3 Å². The lowest BCUT2D eigenvalue weighted by molar-refractivity contribution is -0.000565. The van der Waals surface area contributed by atoms with E-state index in [4.69, 9.17) is 4.74 Å². The van der Waals surface area contributed by atoms with Crippen molar-refractivity contribution in [2.75, 3.05) is 13.7 Å². The van der Waals surface area contributed by atoms with Gasteiger partial charge in [-0.15, -0.1) is 0 Å². The third-order valence-corrected chi connectivity index (χ3v) is 4.03. The summed E-state index contributed by atoms with van der Waals surface area (Å²) in [6.45, 7) is 3.60. The number of hydrogen-bond donors (Lipinski definition) is 1. The molecule has 2 nitrogen and oxygen atoms in total. The summed E-state index contributed by atoms with van der Waals surface area (Å²) >= 11 is 0. The molecule has 1 N–H and O–H groups in total. The minimum Gasteiger partial charge on any atom is -0.381 e. The third kappa shape index (κ3) is 1.75. The molecule has 0 amide bonds. The second-order valence-electron chi connectivity index (χ2n) is 4.82. The Morgan fingerprint density at radius 1 is 1.38 bits per heavy atom. The highest BCUT2D eigenvalue weighted by atomic mass is 16.5. The standard InChI is InChI=1S/C11H21NO/c1-11-6-5-10(13-2)8-9(11)4-3-7-12-11/h9-10,12H,3-8H2,1-2H3. The molecule has 1 saturated carbocycles. The van der Waals surface area contributed by atoms with Crippen molar-refractivity contribution < 1.29 is 4.74 Å². The van der Waals surface area contributed by atoms with E-state index in [0.29, 0.717) is 11.6 Å². The Kier molecular flexibility index (Phi) is 2.61. The fraction of sp³-hybridized carbons (Fsp3) is 1.00. The average molecular weight is 183 g/mol. The van der Waals surface area contributed by atoms with Crippen LogP contribution in [0.2, 0.25) is 0 Å². The zero-order valence-corrected chi connectivity index (χ0v) is 8.81. The van der Waals surface area contributed by atoms with Crippen LogP contribution in [0.15, 0.2) is 0 Å². The fourth-order valence-corrected chi connectivity index (χ4v) is 2.97. The molecule has 1 saturated heterocycles. The van der Waals surface area contributed by atoms with E-state index >= 15 is 0 Å². The molecular weight excluding hydrogens is 162 g/mol. The largest absolute Gasteiger partial charge is 0.381 e. The van der Waals surface area contributed by atoms with Gasteiger partial charge in [0.1, 0.15) is 0 Å². The summed E-state index contributed by atoms with van der Waals surface area (Å²) < 4.78 is 5.46. The van der Waals surface area contributed by atoms with Gasteiger partial charge in [-0.2, -0.15) is 0 Å². The molecule has 1 heterocycles. The first-order valence-corrected chi connectivity index (χ1v) is 5.52. The maximum atomic E-state index is 5.46. The summed E-state index contributed by atoms with van der Waals surface area (Å²) in [6.07, 6.45) is 7.05. The summed E-state index contributed by atoms with van der Waals surface area (Å²) in [5, 5.41) is 3.69. The van der Waals surface area contributed by atoms with Crippen LogP contribution in [0.5, 0.6) is 0 Å². The highest BCUT2D eigenvalue weighted by Crippen LogP contribution is 2.39. The SMILES string of the molecule is COC1CCC2(C)NCCCC2C1. The number of rotatable bonds is 1. The first-order valence-electron chi connectivity index (χ1n) is 5.52. The van der Waals surface area contributed by atoms with Crippen molar-refractivity contribution in [1.82, 2.24) is 5.32 Å². The molecule has 0 bridgehead atoms. The lowest BCUT2D eigenvalue weighted by Crippen LogP contribution is -2.56. The summed E-state index contributed by atoms with van der Waals surface area (Å²) in [4.78, 5) is 0. The van der Waals surface area contributed by atoms with Crippen molar-refractivity contribution in [1.29, 1.82) is 0 Å². The van der Waals surface area contributed by atoms with Gasteiger partial charge in [0, 0.05) is 12.6 Å². The molecule has 1 aliphatic heterocycles. The number of hydrogen-bond acceptors (Lipinski definition) is 2. The van der Waals surface area contributed by atoms with Crippen LogP contribution in [0.4, 0.5) is 0 Å². The molecular formula is C11H21NO. The van der Waals surface area contributed by atoms with Gasteiger partial charge < -0.3 is 10.1 Å². The molecule has 2 rings (SSSR count). The molecule has 2 fully saturated rings. The highest BCUT2D eigenvalue weighted by Gasteiger charge is 2.40. The average Bonchev–Trinajstić information content (AvgIpc) is 2.16. The molecule has 3 atom stereocenters. The van der Waals surface area contributed by atoms with Gasteiger partial charge in [0.05, 0.1) is 6.10 Å². The predicted molar refractivity (Wildman–Crippen MR) is 53.8 cm³/mol. The zero-order valence-electron chi connectivity index (χ0n) is 8.81. The van der Waals surface area contributed by atoms with E-state index in [1.807, 2.05) is 7.11 Å². The Balaban J connectivity index is 2.01. The van der Waals surface area contributed by atoms with Crippen LogP contribution >= 0.6 is 0 Å². The van der Waals surface area contributed by atoms with Crippen LogP contribution in [0.1, 0.15) is 39.0 Å². The lowest BCUT2D eigenvalue weighted by Gasteiger charge is -2.47. The van der Waals surface area contributed by atoms with Crippen molar-refractivity contribution >= 4 is 0 Å². The first kappa shape index (κ1) is 9.47. The number of methoxy groups -OCH3 is 1. The maximum absolute atomic E-state index is 5.46. The van der Waals surface area contributed by atoms with E-state index in [9.17, 15) is 0 Å². The van der Waals surface area contributed by atoms with Crippen molar-refractivity contribution in [3.63, 3.8) is 0 Å². The molecule has 13 heavy (non-hydrogen) atoms. The Hall–Kier alpha value is -0.0800. The van der Waals surface area contributed by atoms with Gasteiger partial charge in [0.2, 0.25) is 0 Å². The molecule has 1 aliphatic carbocycles. The minimum absolute atomic E-state index is 0.424. The predicted octanol–water partition coefficient (Wildman–Crippen LogP) is 1.94. The molecule has 0 aromatic heterocycles. The number of fused-ring (bicyclic) bond motifs is 1. The monoisotopic (exact) mass is 183 g/mol. The van der Waals surface area contributed by atoms with Gasteiger partial charge >= 0.3 is 0 Å². The first-order chi connectivity index (χ1) is 6.24. The number of piperidine rings is 1. The fourth-order valence-electron chi connectivity index (χ4n) is 2.97. The maximum Gasteiger partial charge on any atom is 0.0575 e. The van der Waals surface area contributed by atoms with Gasteiger partial charge in [-0.25, -0.2) is 0 Å². The van der Waals surface area contributed by atoms with E-state index in [0.717, 1.165) is 5.92 Å². The van der Waals surface area contributed by atoms with Crippen LogP contribution in [0.3, 0.4) is 0 Å². The lowest BCUT2D eigenvalue weighted by atomic mass is 9.69. The Labute approximate surface area is 81.0 Å². The smallest absolute Gasteiger partial charge is 0.0575 e. The summed E-state index contributed by atoms with van der Waals surface area (Å²) in [5.41, 5.74) is 0.424. The van der Waals surface area contributed by atoms with Gasteiger partial charge in [-0.1, -0.05) is 0 Å². The topological polar surface area (TPSA) is 21.3 Å². The Morgan fingerprint density at radius 3 is 3.00 bits per heavy atom. The summed E-state index contributed by atoms with van der Waals surface area (Å²) in [6, 6.07) is 0. The quantitative estimate of drug-likeness (QED) is 0.671. The molecule has 0 aromatic rings. The van der Waals surface area contributed by atoms with E-state index < -0.39 is 0 Å². The highest BCUT2D eigenvalue weighted by molar-refractivity contribution is 4.98. The molecule has 2 aliphatic rings. The molecule has 0 spiro atoms. The molecule has 2 heteroatoms. The van der Waals surface area contributed by atoms with Gasteiger partial charge in [-0.05, 0) is 51.5 Å². The molecule has 76 valence electrons. The second kappa shape index (κ2) is 3.58. The van der Waals surface area contributed by atoms with Crippen molar-refractivity contribution in [3.05, 3.63) is 0 Å². The Morgan fingerprint density at radius 2 is 2.23 bits per heavy atom. The van der Waals surface area contributed by atoms with Crippen molar-refractivity contribution in [3.8, 4) is 0 Å². The van der Waals surface area contributed by atoms with E-state index in [1.165, 1.54) is 38.6 Å². The minimum atomic E-state index is 0.424. The molecule has 0 radical (unpaired) electrons. The van der Waals surface area contributed by atoms with Crippen LogP contribution in [0, 0.1) is 5.92 Å². The van der Waals surface area contributed by atoms with Crippen molar-refractivity contribution in [2.24, 2.45) is 5.92 Å². The Bertz CT molecular complexity index is 183. The van der Waals surface area contributed by atoms with Gasteiger partial charge in [0.25, 0.3) is 0 Å². The van der Waals surface area contributed by atoms with E-state index in [1.54, 1.807) is 0 Å². The molecule has 3 unspecified atom stereocenters. The zero-order chi connectivity index (χ0) is 9.31. The van der Waals surface area contributed by atoms with E-state index in [2.05, 4.69) is 12.2 Å². The number of nitrogens with one attached hydrogen (secondary N) is 1.